The summed E-state index contributed by atoms with van der Waals surface area (Å²) < 4.78 is 6.01. The van der Waals surface area contributed by atoms with Crippen LogP contribution in [0.15, 0.2) is 30.6 Å². The number of benzene rings is 1. The second-order valence-electron chi connectivity index (χ2n) is 11.6. The average Bonchev–Trinajstić information content (AvgIpc) is 3.44. The number of nitrogens with zero attached hydrogens (tertiary/aromatic N) is 3. The van der Waals surface area contributed by atoms with Gasteiger partial charge >= 0.3 is 0 Å². The number of amides is 3. The number of pyridine rings is 1. The summed E-state index contributed by atoms with van der Waals surface area (Å²) >= 11 is 6.43. The summed E-state index contributed by atoms with van der Waals surface area (Å²) in [6.45, 7) is 6.42. The van der Waals surface area contributed by atoms with E-state index in [4.69, 9.17) is 16.3 Å². The predicted octanol–water partition coefficient (Wildman–Crippen LogP) is 2.92. The molecule has 11 heteroatoms. The van der Waals surface area contributed by atoms with E-state index in [1.807, 2.05) is 35.8 Å². The molecular weight excluding hydrogens is 520 g/mol. The molecule has 0 saturated carbocycles. The first-order valence-corrected chi connectivity index (χ1v) is 13.8. The van der Waals surface area contributed by atoms with Crippen molar-refractivity contribution >= 4 is 56.8 Å². The zero-order valence-electron chi connectivity index (χ0n) is 22.2. The fourth-order valence-corrected chi connectivity index (χ4v) is 6.46. The van der Waals surface area contributed by atoms with Crippen LogP contribution in [0.5, 0.6) is 0 Å². The zero-order valence-corrected chi connectivity index (χ0v) is 22.9. The lowest BCUT2D eigenvalue weighted by Crippen LogP contribution is -2.60. The molecule has 39 heavy (non-hydrogen) atoms. The minimum Gasteiger partial charge on any atom is -0.372 e. The van der Waals surface area contributed by atoms with Crippen LogP contribution in [-0.2, 0) is 19.1 Å². The zero-order chi connectivity index (χ0) is 27.4. The summed E-state index contributed by atoms with van der Waals surface area (Å²) in [5.74, 6) is -0.187. The standard InChI is InChI=1S/C28H33ClN6O4/c1-27(2)16-35(14-23(36)34-9-5-28(6-10-34)4-8-31-26(28)38)22(15-39-27)25(37)33-20-12-17(29)11-19-18-3-7-30-13-21(18)32-24(19)20/h3,7,11-13,22,32H,4-6,8-10,14-16H2,1-2H3,(H,31,38)(H,33,37)/t22-/m0/s1. The molecule has 3 fully saturated rings. The number of anilines is 1. The molecule has 3 amide bonds. The fraction of sp³-hybridized carbons (Fsp3) is 0.500. The summed E-state index contributed by atoms with van der Waals surface area (Å²) in [5, 5.41) is 8.33. The molecule has 3 saturated heterocycles. The minimum absolute atomic E-state index is 0.0352. The number of halogens is 1. The van der Waals surface area contributed by atoms with Gasteiger partial charge in [-0.05, 0) is 51.3 Å². The summed E-state index contributed by atoms with van der Waals surface area (Å²) in [7, 11) is 0. The Morgan fingerprint density at radius 3 is 2.74 bits per heavy atom. The normalized spacial score (nSPS) is 22.9. The van der Waals surface area contributed by atoms with Gasteiger partial charge in [0, 0.05) is 48.2 Å². The van der Waals surface area contributed by atoms with Crippen molar-refractivity contribution in [1.29, 1.82) is 0 Å². The third kappa shape index (κ3) is 4.85. The van der Waals surface area contributed by atoms with Crippen LogP contribution in [0.3, 0.4) is 0 Å². The van der Waals surface area contributed by atoms with Gasteiger partial charge in [0.05, 0.1) is 47.1 Å². The van der Waals surface area contributed by atoms with Crippen LogP contribution in [0, 0.1) is 5.41 Å². The van der Waals surface area contributed by atoms with E-state index in [-0.39, 0.29) is 36.3 Å². The maximum atomic E-state index is 13.7. The number of likely N-dealkylation sites (tertiary alicyclic amines) is 1. The maximum Gasteiger partial charge on any atom is 0.244 e. The Balaban J connectivity index is 1.19. The lowest BCUT2D eigenvalue weighted by molar-refractivity contribution is -0.152. The third-order valence-corrected chi connectivity index (χ3v) is 8.69. The van der Waals surface area contributed by atoms with Crippen LogP contribution in [0.1, 0.15) is 33.1 Å². The molecule has 0 bridgehead atoms. The third-order valence-electron chi connectivity index (χ3n) is 8.47. The Bertz CT molecular complexity index is 1460. The lowest BCUT2D eigenvalue weighted by Gasteiger charge is -2.44. The summed E-state index contributed by atoms with van der Waals surface area (Å²) in [6, 6.07) is 4.83. The van der Waals surface area contributed by atoms with Gasteiger partial charge < -0.3 is 25.3 Å². The molecule has 10 nitrogen and oxygen atoms in total. The second-order valence-corrected chi connectivity index (χ2v) is 12.0. The van der Waals surface area contributed by atoms with Crippen LogP contribution in [0.25, 0.3) is 21.8 Å². The maximum absolute atomic E-state index is 13.7. The number of carbonyl (C=O) groups is 3. The Labute approximate surface area is 231 Å². The van der Waals surface area contributed by atoms with Crippen molar-refractivity contribution in [2.24, 2.45) is 5.41 Å². The van der Waals surface area contributed by atoms with E-state index in [0.717, 1.165) is 28.2 Å². The highest BCUT2D eigenvalue weighted by Gasteiger charge is 2.46. The van der Waals surface area contributed by atoms with E-state index in [9.17, 15) is 14.4 Å². The first-order chi connectivity index (χ1) is 18.6. The molecule has 5 heterocycles. The van der Waals surface area contributed by atoms with Crippen molar-refractivity contribution in [3.63, 3.8) is 0 Å². The summed E-state index contributed by atoms with van der Waals surface area (Å²) in [6.07, 6.45) is 5.63. The van der Waals surface area contributed by atoms with Crippen molar-refractivity contribution in [2.45, 2.75) is 44.8 Å². The molecule has 1 aromatic carbocycles. The van der Waals surface area contributed by atoms with E-state index < -0.39 is 11.6 Å². The van der Waals surface area contributed by atoms with Gasteiger partial charge in [-0.2, -0.15) is 0 Å². The number of nitrogens with one attached hydrogen (secondary N) is 3. The molecule has 0 radical (unpaired) electrons. The average molecular weight is 553 g/mol. The molecule has 3 N–H and O–H groups in total. The number of carbonyl (C=O) groups excluding carboxylic acids is 3. The largest absolute Gasteiger partial charge is 0.372 e. The molecule has 0 aliphatic carbocycles. The SMILES string of the molecule is CC1(C)CN(CC(=O)N2CCC3(CCNC3=O)CC2)[C@H](C(=O)Nc2cc(Cl)cc3c2[nH]c2cnccc23)CO1. The van der Waals surface area contributed by atoms with Gasteiger partial charge in [0.25, 0.3) is 0 Å². The number of hydrogen-bond acceptors (Lipinski definition) is 6. The van der Waals surface area contributed by atoms with Gasteiger partial charge in [0.2, 0.25) is 17.7 Å². The molecule has 6 rings (SSSR count). The van der Waals surface area contributed by atoms with E-state index in [1.165, 1.54) is 0 Å². The number of ether oxygens (including phenoxy) is 1. The van der Waals surface area contributed by atoms with Gasteiger partial charge in [-0.15, -0.1) is 0 Å². The fourth-order valence-electron chi connectivity index (χ4n) is 6.25. The van der Waals surface area contributed by atoms with Crippen molar-refractivity contribution in [1.82, 2.24) is 25.1 Å². The molecule has 206 valence electrons. The van der Waals surface area contributed by atoms with E-state index >= 15 is 0 Å². The first kappa shape index (κ1) is 26.0. The van der Waals surface area contributed by atoms with Crippen molar-refractivity contribution in [2.75, 3.05) is 44.6 Å². The number of hydrogen-bond donors (Lipinski definition) is 3. The molecule has 3 aromatic rings. The first-order valence-electron chi connectivity index (χ1n) is 13.4. The number of piperidine rings is 1. The number of aromatic nitrogens is 2. The predicted molar refractivity (Wildman–Crippen MR) is 149 cm³/mol. The highest BCUT2D eigenvalue weighted by molar-refractivity contribution is 6.33. The topological polar surface area (TPSA) is 120 Å². The van der Waals surface area contributed by atoms with Gasteiger partial charge in [0.15, 0.2) is 0 Å². The Hall–Kier alpha value is -3.21. The molecule has 1 spiro atoms. The van der Waals surface area contributed by atoms with Gasteiger partial charge in [0.1, 0.15) is 6.04 Å². The summed E-state index contributed by atoms with van der Waals surface area (Å²) in [4.78, 5) is 50.6. The Kier molecular flexibility index (Phi) is 6.52. The van der Waals surface area contributed by atoms with E-state index in [1.54, 1.807) is 18.5 Å². The lowest BCUT2D eigenvalue weighted by atomic mass is 9.77. The molecular formula is C28H33ClN6O4. The summed E-state index contributed by atoms with van der Waals surface area (Å²) in [5.41, 5.74) is 1.33. The molecule has 2 aromatic heterocycles. The number of rotatable bonds is 4. The van der Waals surface area contributed by atoms with Crippen LogP contribution in [-0.4, -0.2) is 88.5 Å². The van der Waals surface area contributed by atoms with Crippen molar-refractivity contribution in [3.8, 4) is 0 Å². The van der Waals surface area contributed by atoms with Crippen LogP contribution < -0.4 is 10.6 Å². The van der Waals surface area contributed by atoms with Gasteiger partial charge in [-0.1, -0.05) is 11.6 Å². The molecule has 3 aliphatic rings. The number of fused-ring (bicyclic) bond motifs is 3. The van der Waals surface area contributed by atoms with E-state index in [2.05, 4.69) is 20.6 Å². The van der Waals surface area contributed by atoms with Crippen molar-refractivity contribution < 1.29 is 19.1 Å². The van der Waals surface area contributed by atoms with Crippen LogP contribution >= 0.6 is 11.6 Å². The highest BCUT2D eigenvalue weighted by Crippen LogP contribution is 2.38. The Morgan fingerprint density at radius 1 is 1.21 bits per heavy atom. The van der Waals surface area contributed by atoms with Crippen LogP contribution in [0.2, 0.25) is 5.02 Å². The monoisotopic (exact) mass is 552 g/mol. The quantitative estimate of drug-likeness (QED) is 0.458. The van der Waals surface area contributed by atoms with Crippen LogP contribution in [0.4, 0.5) is 5.69 Å². The minimum atomic E-state index is -0.654. The van der Waals surface area contributed by atoms with Gasteiger partial charge in [-0.3, -0.25) is 24.3 Å². The Morgan fingerprint density at radius 2 is 2.00 bits per heavy atom. The number of H-pyrrole nitrogens is 1. The second kappa shape index (κ2) is 9.76. The number of aromatic amines is 1. The van der Waals surface area contributed by atoms with Gasteiger partial charge in [-0.25, -0.2) is 0 Å². The van der Waals surface area contributed by atoms with E-state index in [0.29, 0.717) is 49.7 Å². The molecule has 1 atom stereocenters. The molecule has 0 unspecified atom stereocenters. The molecule has 3 aliphatic heterocycles. The highest BCUT2D eigenvalue weighted by atomic mass is 35.5. The van der Waals surface area contributed by atoms with Crippen molar-refractivity contribution in [3.05, 3.63) is 35.6 Å². The number of morpholine rings is 1. The smallest absolute Gasteiger partial charge is 0.244 e.